The van der Waals surface area contributed by atoms with Crippen molar-refractivity contribution >= 4 is 22.3 Å². The lowest BCUT2D eigenvalue weighted by Gasteiger charge is -2.19. The second kappa shape index (κ2) is 8.86. The Kier molecular flexibility index (Phi) is 6.02. The maximum absolute atomic E-state index is 12.1. The molecule has 0 aliphatic heterocycles. The molecule has 0 saturated carbocycles. The van der Waals surface area contributed by atoms with Gasteiger partial charge in [-0.05, 0) is 46.2 Å². The monoisotopic (exact) mass is 419 g/mol. The number of ether oxygens (including phenoxy) is 1. The molecule has 4 rings (SSSR count). The van der Waals surface area contributed by atoms with Crippen LogP contribution < -0.4 is 15.7 Å². The summed E-state index contributed by atoms with van der Waals surface area (Å²) in [4.78, 5) is 13.4. The van der Waals surface area contributed by atoms with E-state index in [-0.39, 0.29) is 11.7 Å². The van der Waals surface area contributed by atoms with Crippen LogP contribution in [-0.2, 0) is 6.54 Å². The van der Waals surface area contributed by atoms with Crippen molar-refractivity contribution in [2.45, 2.75) is 32.4 Å². The summed E-state index contributed by atoms with van der Waals surface area (Å²) in [6.07, 6.45) is 0. The normalized spacial score (nSPS) is 12.4. The van der Waals surface area contributed by atoms with Crippen LogP contribution in [0.1, 0.15) is 47.4 Å². The van der Waals surface area contributed by atoms with Crippen LogP contribution in [0.4, 0.5) is 0 Å². The summed E-state index contributed by atoms with van der Waals surface area (Å²) in [5.74, 6) is 1.16. The molecule has 0 fully saturated rings. The molecule has 4 nitrogen and oxygen atoms in total. The highest BCUT2D eigenvalue weighted by Crippen LogP contribution is 2.29. The van der Waals surface area contributed by atoms with Gasteiger partial charge < -0.3 is 14.5 Å². The van der Waals surface area contributed by atoms with Crippen molar-refractivity contribution in [1.29, 1.82) is 0 Å². The number of rotatable bonds is 7. The van der Waals surface area contributed by atoms with Crippen molar-refractivity contribution in [3.05, 3.63) is 98.0 Å². The van der Waals surface area contributed by atoms with E-state index in [2.05, 4.69) is 60.9 Å². The van der Waals surface area contributed by atoms with Crippen LogP contribution in [0.5, 0.6) is 5.75 Å². The van der Waals surface area contributed by atoms with Crippen molar-refractivity contribution in [3.8, 4) is 5.75 Å². The van der Waals surface area contributed by atoms with E-state index < -0.39 is 0 Å². The molecular formula is C25H25NO3S. The summed E-state index contributed by atoms with van der Waals surface area (Å²) >= 11 is 1.72. The Hall–Kier alpha value is -2.89. The molecule has 0 bridgehead atoms. The lowest BCUT2D eigenvalue weighted by atomic mass is 9.98. The van der Waals surface area contributed by atoms with Gasteiger partial charge >= 0.3 is 5.63 Å². The Morgan fingerprint density at radius 3 is 2.47 bits per heavy atom. The Labute approximate surface area is 180 Å². The van der Waals surface area contributed by atoms with Crippen LogP contribution in [-0.4, -0.2) is 7.11 Å². The average molecular weight is 420 g/mol. The first kappa shape index (κ1) is 20.4. The van der Waals surface area contributed by atoms with Gasteiger partial charge in [-0.2, -0.15) is 0 Å². The molecule has 0 spiro atoms. The number of hydrogen-bond acceptors (Lipinski definition) is 5. The van der Waals surface area contributed by atoms with E-state index in [1.807, 2.05) is 12.1 Å². The van der Waals surface area contributed by atoms with Crippen molar-refractivity contribution in [2.75, 3.05) is 7.11 Å². The van der Waals surface area contributed by atoms with Gasteiger partial charge in [0.05, 0.1) is 13.2 Å². The quantitative estimate of drug-likeness (QED) is 0.381. The topological polar surface area (TPSA) is 51.5 Å². The predicted octanol–water partition coefficient (Wildman–Crippen LogP) is 5.87. The van der Waals surface area contributed by atoms with Gasteiger partial charge in [-0.3, -0.25) is 0 Å². The van der Waals surface area contributed by atoms with Crippen LogP contribution in [0.25, 0.3) is 11.0 Å². The van der Waals surface area contributed by atoms with E-state index in [1.54, 1.807) is 30.6 Å². The standard InChI is InChI=1S/C25H25NO3S/c1-16(2)17-6-8-18(9-7-17)25(23-5-4-12-30-23)26-15-19-13-24(27)29-22-14-20(28-3)10-11-21(19)22/h4-14,16,25-26H,15H2,1-3H3/t25-/m0/s1. The van der Waals surface area contributed by atoms with Crippen LogP contribution in [0.3, 0.4) is 0 Å². The Bertz CT molecular complexity index is 1180. The molecule has 2 heterocycles. The third-order valence-corrected chi connectivity index (χ3v) is 6.24. The minimum absolute atomic E-state index is 0.0479. The molecular weight excluding hydrogens is 394 g/mol. The van der Waals surface area contributed by atoms with Gasteiger partial charge in [0.2, 0.25) is 0 Å². The summed E-state index contributed by atoms with van der Waals surface area (Å²) in [5.41, 5.74) is 3.61. The van der Waals surface area contributed by atoms with Crippen molar-refractivity contribution in [2.24, 2.45) is 0 Å². The molecule has 0 aliphatic rings. The fourth-order valence-electron chi connectivity index (χ4n) is 3.61. The zero-order valence-electron chi connectivity index (χ0n) is 17.3. The van der Waals surface area contributed by atoms with Crippen LogP contribution in [0, 0.1) is 0 Å². The molecule has 4 aromatic rings. The van der Waals surface area contributed by atoms with Crippen LogP contribution >= 0.6 is 11.3 Å². The van der Waals surface area contributed by atoms with Gasteiger partial charge in [0, 0.05) is 28.9 Å². The molecule has 1 atom stereocenters. The number of fused-ring (bicyclic) bond motifs is 1. The Morgan fingerprint density at radius 1 is 1.03 bits per heavy atom. The third kappa shape index (κ3) is 4.32. The van der Waals surface area contributed by atoms with Gasteiger partial charge in [-0.15, -0.1) is 11.3 Å². The number of methoxy groups -OCH3 is 1. The molecule has 30 heavy (non-hydrogen) atoms. The van der Waals surface area contributed by atoms with Gasteiger partial charge in [0.25, 0.3) is 0 Å². The third-order valence-electron chi connectivity index (χ3n) is 5.30. The molecule has 0 unspecified atom stereocenters. The van der Waals surface area contributed by atoms with E-state index in [9.17, 15) is 4.79 Å². The molecule has 1 N–H and O–H groups in total. The molecule has 0 aliphatic carbocycles. The molecule has 2 aromatic carbocycles. The van der Waals surface area contributed by atoms with Crippen molar-refractivity contribution < 1.29 is 9.15 Å². The van der Waals surface area contributed by atoms with Gasteiger partial charge in [-0.25, -0.2) is 4.79 Å². The molecule has 0 radical (unpaired) electrons. The molecule has 5 heteroatoms. The minimum Gasteiger partial charge on any atom is -0.497 e. The Balaban J connectivity index is 1.66. The maximum atomic E-state index is 12.1. The number of hydrogen-bond donors (Lipinski definition) is 1. The first-order valence-electron chi connectivity index (χ1n) is 10.0. The second-order valence-electron chi connectivity index (χ2n) is 7.60. The highest BCUT2D eigenvalue weighted by atomic mass is 32.1. The predicted molar refractivity (Wildman–Crippen MR) is 123 cm³/mol. The summed E-state index contributed by atoms with van der Waals surface area (Å²) < 4.78 is 10.6. The smallest absolute Gasteiger partial charge is 0.336 e. The van der Waals surface area contributed by atoms with Crippen LogP contribution in [0.2, 0.25) is 0 Å². The molecule has 0 amide bonds. The fraction of sp³-hybridized carbons (Fsp3) is 0.240. The van der Waals surface area contributed by atoms with E-state index in [0.717, 1.165) is 10.9 Å². The van der Waals surface area contributed by atoms with Crippen molar-refractivity contribution in [1.82, 2.24) is 5.32 Å². The average Bonchev–Trinajstić information content (AvgIpc) is 3.28. The number of nitrogens with one attached hydrogen (secondary N) is 1. The summed E-state index contributed by atoms with van der Waals surface area (Å²) in [7, 11) is 1.60. The van der Waals surface area contributed by atoms with Gasteiger partial charge in [-0.1, -0.05) is 44.2 Å². The SMILES string of the molecule is COc1ccc2c(CN[C@@H](c3ccc(C(C)C)cc3)c3cccs3)cc(=O)oc2c1. The maximum Gasteiger partial charge on any atom is 0.336 e. The molecule has 154 valence electrons. The van der Waals surface area contributed by atoms with Crippen molar-refractivity contribution in [3.63, 3.8) is 0 Å². The first-order valence-corrected chi connectivity index (χ1v) is 10.9. The zero-order chi connectivity index (χ0) is 21.1. The first-order chi connectivity index (χ1) is 14.5. The number of benzene rings is 2. The van der Waals surface area contributed by atoms with Gasteiger partial charge in [0.1, 0.15) is 11.3 Å². The molecule has 2 aromatic heterocycles. The lowest BCUT2D eigenvalue weighted by Crippen LogP contribution is -2.22. The summed E-state index contributed by atoms with van der Waals surface area (Å²) in [5, 5.41) is 6.64. The second-order valence-corrected chi connectivity index (χ2v) is 8.58. The highest BCUT2D eigenvalue weighted by Gasteiger charge is 2.16. The summed E-state index contributed by atoms with van der Waals surface area (Å²) in [6, 6.07) is 20.2. The molecule has 0 saturated heterocycles. The van der Waals surface area contributed by atoms with E-state index >= 15 is 0 Å². The van der Waals surface area contributed by atoms with E-state index in [0.29, 0.717) is 23.8 Å². The van der Waals surface area contributed by atoms with Gasteiger partial charge in [0.15, 0.2) is 0 Å². The van der Waals surface area contributed by atoms with E-state index in [4.69, 9.17) is 9.15 Å². The van der Waals surface area contributed by atoms with Crippen LogP contribution in [0.15, 0.2) is 75.3 Å². The minimum atomic E-state index is -0.360. The highest BCUT2D eigenvalue weighted by molar-refractivity contribution is 7.10. The largest absolute Gasteiger partial charge is 0.497 e. The fourth-order valence-corrected chi connectivity index (χ4v) is 4.43. The number of thiophene rings is 1. The lowest BCUT2D eigenvalue weighted by molar-refractivity contribution is 0.414. The zero-order valence-corrected chi connectivity index (χ0v) is 18.2. The summed E-state index contributed by atoms with van der Waals surface area (Å²) in [6.45, 7) is 4.94. The Morgan fingerprint density at radius 2 is 1.80 bits per heavy atom. The van der Waals surface area contributed by atoms with E-state index in [1.165, 1.54) is 16.0 Å².